The number of amides is 2. The second-order valence-electron chi connectivity index (χ2n) is 1.72. The lowest BCUT2D eigenvalue weighted by Crippen LogP contribution is -2.24. The van der Waals surface area contributed by atoms with E-state index in [2.05, 4.69) is 9.98 Å². The average molecular weight is 124 g/mol. The normalized spacial score (nSPS) is 20.1. The molecular weight excluding hydrogens is 118 g/mol. The third-order valence-corrected chi connectivity index (χ3v) is 0.989. The van der Waals surface area contributed by atoms with Gasteiger partial charge in [-0.2, -0.15) is 4.99 Å². The van der Waals surface area contributed by atoms with Crippen LogP contribution in [0.2, 0.25) is 0 Å². The summed E-state index contributed by atoms with van der Waals surface area (Å²) in [6, 6.07) is -0.530. The van der Waals surface area contributed by atoms with Crippen LogP contribution in [-0.4, -0.2) is 18.1 Å². The number of urea groups is 1. The van der Waals surface area contributed by atoms with Crippen LogP contribution in [0.1, 0.15) is 6.92 Å². The lowest BCUT2D eigenvalue weighted by molar-refractivity contribution is 0.257. The fourth-order valence-corrected chi connectivity index (χ4v) is 0.438. The molecule has 1 aliphatic heterocycles. The molecule has 0 spiro atoms. The van der Waals surface area contributed by atoms with Crippen molar-refractivity contribution in [3.63, 3.8) is 0 Å². The molecule has 1 radical (unpaired) electrons. The molecule has 1 aliphatic rings. The Balaban J connectivity index is 2.82. The van der Waals surface area contributed by atoms with Gasteiger partial charge in [-0.1, -0.05) is 0 Å². The van der Waals surface area contributed by atoms with Crippen molar-refractivity contribution < 1.29 is 4.79 Å². The maximum absolute atomic E-state index is 10.3. The molecule has 4 nitrogen and oxygen atoms in total. The van der Waals surface area contributed by atoms with Gasteiger partial charge in [0.15, 0.2) is 0 Å². The van der Waals surface area contributed by atoms with Crippen molar-refractivity contribution in [1.82, 2.24) is 0 Å². The molecule has 0 fully saturated rings. The monoisotopic (exact) mass is 124 g/mol. The van der Waals surface area contributed by atoms with E-state index in [4.69, 9.17) is 5.73 Å². The second-order valence-corrected chi connectivity index (χ2v) is 1.72. The van der Waals surface area contributed by atoms with Crippen molar-refractivity contribution >= 4 is 18.1 Å². The van der Waals surface area contributed by atoms with Gasteiger partial charge in [0.05, 0.1) is 5.92 Å². The fraction of sp³-hybridized carbons (Fsp3) is 0.200. The minimum absolute atomic E-state index is 0.259. The molecule has 47 valence electrons. The summed E-state index contributed by atoms with van der Waals surface area (Å²) in [5.74, 6) is 0.990. The molecule has 0 aromatic carbocycles. The lowest BCUT2D eigenvalue weighted by Gasteiger charge is -2.04. The Labute approximate surface area is 52.5 Å². The number of hydrogen-bond donors (Lipinski definition) is 1. The van der Waals surface area contributed by atoms with E-state index in [9.17, 15) is 4.79 Å². The zero-order valence-corrected chi connectivity index (χ0v) is 4.96. The lowest BCUT2D eigenvalue weighted by atomic mass is 10.2. The van der Waals surface area contributed by atoms with E-state index in [1.807, 2.05) is 0 Å². The van der Waals surface area contributed by atoms with Crippen molar-refractivity contribution in [3.8, 4) is 0 Å². The molecule has 0 aromatic rings. The Morgan fingerprint density at radius 1 is 1.67 bits per heavy atom. The summed E-state index contributed by atoms with van der Waals surface area (Å²) in [6.07, 6.45) is 1.41. The van der Waals surface area contributed by atoms with Gasteiger partial charge in [-0.3, -0.25) is 0 Å². The van der Waals surface area contributed by atoms with Crippen molar-refractivity contribution in [2.24, 2.45) is 15.7 Å². The van der Waals surface area contributed by atoms with Gasteiger partial charge in [0, 0.05) is 6.21 Å². The summed E-state index contributed by atoms with van der Waals surface area (Å²) in [4.78, 5) is 17.1. The number of nitrogens with two attached hydrogens (primary N) is 1. The SMILES string of the molecule is C[C]1C=NC(=O)N=C1N. The fourth-order valence-electron chi connectivity index (χ4n) is 0.438. The molecule has 4 heteroatoms. The van der Waals surface area contributed by atoms with Gasteiger partial charge in [-0.15, -0.1) is 0 Å². The summed E-state index contributed by atoms with van der Waals surface area (Å²) in [5.41, 5.74) is 5.27. The second kappa shape index (κ2) is 1.97. The van der Waals surface area contributed by atoms with Crippen LogP contribution in [-0.2, 0) is 0 Å². The summed E-state index contributed by atoms with van der Waals surface area (Å²) < 4.78 is 0. The first kappa shape index (κ1) is 5.94. The molecule has 0 unspecified atom stereocenters. The Bertz CT molecular complexity index is 194. The van der Waals surface area contributed by atoms with E-state index in [0.717, 1.165) is 5.92 Å². The third-order valence-electron chi connectivity index (χ3n) is 0.989. The Morgan fingerprint density at radius 3 is 2.78 bits per heavy atom. The molecule has 0 saturated heterocycles. The molecule has 0 aromatic heterocycles. The quantitative estimate of drug-likeness (QED) is 0.499. The van der Waals surface area contributed by atoms with Crippen molar-refractivity contribution in [3.05, 3.63) is 5.92 Å². The van der Waals surface area contributed by atoms with Crippen LogP contribution in [0.3, 0.4) is 0 Å². The topological polar surface area (TPSA) is 67.8 Å². The molecule has 0 aliphatic carbocycles. The van der Waals surface area contributed by atoms with Gasteiger partial charge in [0.2, 0.25) is 0 Å². The number of nitrogens with zero attached hydrogens (tertiary/aromatic N) is 2. The van der Waals surface area contributed by atoms with Crippen molar-refractivity contribution in [2.75, 3.05) is 0 Å². The Kier molecular flexibility index (Phi) is 1.30. The highest BCUT2D eigenvalue weighted by molar-refractivity contribution is 6.17. The van der Waals surface area contributed by atoms with Crippen LogP contribution < -0.4 is 5.73 Å². The van der Waals surface area contributed by atoms with E-state index in [1.165, 1.54) is 6.21 Å². The van der Waals surface area contributed by atoms with Crippen molar-refractivity contribution in [2.45, 2.75) is 6.92 Å². The standard InChI is InChI=1S/C5H6N3O/c1-3-2-7-5(9)8-4(3)6/h2H,1H3,(H2,6,8,9). The smallest absolute Gasteiger partial charge is 0.368 e. The number of hydrogen-bond acceptors (Lipinski definition) is 2. The van der Waals surface area contributed by atoms with Gasteiger partial charge in [0.1, 0.15) is 5.84 Å². The molecule has 9 heavy (non-hydrogen) atoms. The first-order valence-electron chi connectivity index (χ1n) is 2.46. The van der Waals surface area contributed by atoms with Gasteiger partial charge in [0.25, 0.3) is 0 Å². The summed E-state index contributed by atoms with van der Waals surface area (Å²) in [5, 5.41) is 0. The molecular formula is C5H6N3O. The highest BCUT2D eigenvalue weighted by atomic mass is 16.2. The first-order valence-corrected chi connectivity index (χ1v) is 2.46. The van der Waals surface area contributed by atoms with Gasteiger partial charge < -0.3 is 5.73 Å². The van der Waals surface area contributed by atoms with Crippen LogP contribution in [0, 0.1) is 5.92 Å². The highest BCUT2D eigenvalue weighted by Gasteiger charge is 2.11. The van der Waals surface area contributed by atoms with Gasteiger partial charge in [-0.05, 0) is 6.92 Å². The van der Waals surface area contributed by atoms with E-state index in [0.29, 0.717) is 0 Å². The minimum Gasteiger partial charge on any atom is -0.386 e. The Morgan fingerprint density at radius 2 is 2.33 bits per heavy atom. The molecule has 0 bridgehead atoms. The maximum Gasteiger partial charge on any atom is 0.368 e. The first-order chi connectivity index (χ1) is 4.20. The number of amidine groups is 1. The average Bonchev–Trinajstić information content (AvgIpc) is 1.80. The number of carbonyl (C=O) groups excluding carboxylic acids is 1. The van der Waals surface area contributed by atoms with Crippen LogP contribution in [0.4, 0.5) is 4.79 Å². The number of rotatable bonds is 0. The van der Waals surface area contributed by atoms with Crippen LogP contribution in [0.5, 0.6) is 0 Å². The maximum atomic E-state index is 10.3. The van der Waals surface area contributed by atoms with E-state index in [1.54, 1.807) is 6.92 Å². The predicted octanol–water partition coefficient (Wildman–Crippen LogP) is 0.142. The van der Waals surface area contributed by atoms with Crippen LogP contribution in [0.15, 0.2) is 9.98 Å². The summed E-state index contributed by atoms with van der Waals surface area (Å²) in [6.45, 7) is 1.74. The van der Waals surface area contributed by atoms with Crippen molar-refractivity contribution in [1.29, 1.82) is 0 Å². The van der Waals surface area contributed by atoms with Gasteiger partial charge in [-0.25, -0.2) is 9.79 Å². The third kappa shape index (κ3) is 1.13. The zero-order valence-electron chi connectivity index (χ0n) is 4.96. The number of carbonyl (C=O) groups is 1. The highest BCUT2D eigenvalue weighted by Crippen LogP contribution is 2.00. The number of aliphatic imine (C=N–C) groups is 2. The molecule has 0 saturated carbocycles. The molecule has 0 atom stereocenters. The van der Waals surface area contributed by atoms with E-state index < -0.39 is 6.03 Å². The summed E-state index contributed by atoms with van der Waals surface area (Å²) >= 11 is 0. The van der Waals surface area contributed by atoms with E-state index in [-0.39, 0.29) is 5.84 Å². The zero-order chi connectivity index (χ0) is 6.85. The largest absolute Gasteiger partial charge is 0.386 e. The predicted molar refractivity (Wildman–Crippen MR) is 34.4 cm³/mol. The van der Waals surface area contributed by atoms with Crippen LogP contribution in [0.25, 0.3) is 0 Å². The summed E-state index contributed by atoms with van der Waals surface area (Å²) in [7, 11) is 0. The van der Waals surface area contributed by atoms with Crippen LogP contribution >= 0.6 is 0 Å². The molecule has 1 rings (SSSR count). The van der Waals surface area contributed by atoms with Gasteiger partial charge >= 0.3 is 6.03 Å². The molecule has 2 amide bonds. The minimum atomic E-state index is -0.530. The van der Waals surface area contributed by atoms with E-state index >= 15 is 0 Å². The molecule has 1 heterocycles. The molecule has 2 N–H and O–H groups in total. The Hall–Kier alpha value is -1.19.